The van der Waals surface area contributed by atoms with Crippen LogP contribution >= 0.6 is 34.7 Å². The van der Waals surface area contributed by atoms with Gasteiger partial charge in [0.1, 0.15) is 5.75 Å². The summed E-state index contributed by atoms with van der Waals surface area (Å²) in [6.07, 6.45) is 0.813. The molecule has 2 aliphatic carbocycles. The molecular formula is C34H28ClN3O5S2. The van der Waals surface area contributed by atoms with E-state index >= 15 is 0 Å². The van der Waals surface area contributed by atoms with Gasteiger partial charge in [-0.3, -0.25) is 24.1 Å². The molecule has 3 aromatic carbocycles. The van der Waals surface area contributed by atoms with Crippen LogP contribution in [0.15, 0.2) is 82.6 Å². The van der Waals surface area contributed by atoms with E-state index in [1.807, 2.05) is 55.5 Å². The van der Waals surface area contributed by atoms with Crippen molar-refractivity contribution in [3.8, 4) is 5.75 Å². The highest BCUT2D eigenvalue weighted by atomic mass is 35.5. The fourth-order valence-corrected chi connectivity index (χ4v) is 11.0. The summed E-state index contributed by atoms with van der Waals surface area (Å²) in [5.74, 6) is -0.727. The van der Waals surface area contributed by atoms with Crippen LogP contribution in [0.1, 0.15) is 28.3 Å². The van der Waals surface area contributed by atoms with Crippen LogP contribution in [0.3, 0.4) is 0 Å². The van der Waals surface area contributed by atoms with Gasteiger partial charge in [0.2, 0.25) is 11.8 Å². The number of H-pyrrole nitrogens is 1. The quantitative estimate of drug-likeness (QED) is 0.243. The maximum atomic E-state index is 14.0. The summed E-state index contributed by atoms with van der Waals surface area (Å²) in [7, 11) is 0. The van der Waals surface area contributed by atoms with Crippen LogP contribution in [-0.4, -0.2) is 34.6 Å². The summed E-state index contributed by atoms with van der Waals surface area (Å²) in [6, 6.07) is 22.1. The molecule has 45 heavy (non-hydrogen) atoms. The van der Waals surface area contributed by atoms with Crippen LogP contribution in [0.5, 0.6) is 5.75 Å². The molecule has 0 spiro atoms. The molecule has 3 fully saturated rings. The van der Waals surface area contributed by atoms with Crippen molar-refractivity contribution < 1.29 is 19.1 Å². The molecule has 1 saturated heterocycles. The molecule has 1 aromatic heterocycles. The number of imide groups is 1. The van der Waals surface area contributed by atoms with Crippen LogP contribution in [0, 0.1) is 36.5 Å². The largest absolute Gasteiger partial charge is 0.484 e. The van der Waals surface area contributed by atoms with Gasteiger partial charge in [-0.15, -0.1) is 11.8 Å². The van der Waals surface area contributed by atoms with Gasteiger partial charge in [0.05, 0.1) is 22.5 Å². The number of benzene rings is 3. The number of nitrogens with one attached hydrogen (secondary N) is 2. The van der Waals surface area contributed by atoms with Crippen molar-refractivity contribution in [2.24, 2.45) is 29.6 Å². The SMILES string of the molecule is Cc1ccc(N2C(=O)[C@H]3[C@H]4C[C@@H]([C@@H]3C2=O)[C@@H]2[C@H](c3cccc(OCC(=O)Nc5ccc(Cl)cc5)c3)c3sc(=O)[nH]c3S[C@H]42)cc1. The first kappa shape index (κ1) is 28.6. The third-order valence-electron chi connectivity index (χ3n) is 9.73. The van der Waals surface area contributed by atoms with Gasteiger partial charge in [-0.1, -0.05) is 52.8 Å². The van der Waals surface area contributed by atoms with Gasteiger partial charge >= 0.3 is 4.87 Å². The summed E-state index contributed by atoms with van der Waals surface area (Å²) < 4.78 is 5.92. The van der Waals surface area contributed by atoms with Gasteiger partial charge < -0.3 is 15.0 Å². The van der Waals surface area contributed by atoms with E-state index in [-0.39, 0.29) is 70.0 Å². The maximum absolute atomic E-state index is 14.0. The molecule has 4 aromatic rings. The number of hydrogen-bond donors (Lipinski definition) is 2. The fraction of sp³-hybridized carbons (Fsp3) is 0.294. The minimum absolute atomic E-state index is 0.00878. The Kier molecular flexibility index (Phi) is 6.92. The summed E-state index contributed by atoms with van der Waals surface area (Å²) in [5.41, 5.74) is 3.29. The summed E-state index contributed by atoms with van der Waals surface area (Å²) in [4.78, 5) is 58.3. The molecule has 0 unspecified atom stereocenters. The fourth-order valence-electron chi connectivity index (χ4n) is 8.02. The van der Waals surface area contributed by atoms with E-state index in [2.05, 4.69) is 10.3 Å². The zero-order chi connectivity index (χ0) is 31.0. The number of aromatic nitrogens is 1. The molecule has 8 nitrogen and oxygen atoms in total. The van der Waals surface area contributed by atoms with Crippen molar-refractivity contribution in [2.75, 3.05) is 16.8 Å². The summed E-state index contributed by atoms with van der Waals surface area (Å²) in [6.45, 7) is 1.80. The monoisotopic (exact) mass is 657 g/mol. The number of halogens is 1. The normalized spacial score (nSPS) is 27.7. The smallest absolute Gasteiger partial charge is 0.305 e. The van der Waals surface area contributed by atoms with Gasteiger partial charge in [-0.25, -0.2) is 0 Å². The molecule has 3 heterocycles. The number of hydrogen-bond acceptors (Lipinski definition) is 7. The molecule has 2 N–H and O–H groups in total. The van der Waals surface area contributed by atoms with Gasteiger partial charge in [0.15, 0.2) is 6.61 Å². The third-order valence-corrected chi connectivity index (χ3v) is 12.6. The number of ether oxygens (including phenoxy) is 1. The molecule has 2 bridgehead atoms. The van der Waals surface area contributed by atoms with Crippen LogP contribution < -0.4 is 19.8 Å². The van der Waals surface area contributed by atoms with Crippen LogP contribution in [0.25, 0.3) is 0 Å². The summed E-state index contributed by atoms with van der Waals surface area (Å²) in [5, 5.41) is 4.32. The van der Waals surface area contributed by atoms with E-state index in [4.69, 9.17) is 16.3 Å². The Labute approximate surface area is 272 Å². The molecular weight excluding hydrogens is 630 g/mol. The van der Waals surface area contributed by atoms with Crippen molar-refractivity contribution >= 4 is 63.8 Å². The van der Waals surface area contributed by atoms with E-state index < -0.39 is 0 Å². The van der Waals surface area contributed by atoms with Crippen LogP contribution in [0.2, 0.25) is 5.02 Å². The molecule has 3 amide bonds. The molecule has 11 heteroatoms. The highest BCUT2D eigenvalue weighted by Crippen LogP contribution is 2.68. The van der Waals surface area contributed by atoms with E-state index in [1.54, 1.807) is 36.0 Å². The molecule has 4 aliphatic rings. The Morgan fingerprint density at radius 2 is 1.73 bits per heavy atom. The van der Waals surface area contributed by atoms with E-state index in [0.717, 1.165) is 27.5 Å². The zero-order valence-electron chi connectivity index (χ0n) is 24.1. The zero-order valence-corrected chi connectivity index (χ0v) is 26.5. The molecule has 228 valence electrons. The van der Waals surface area contributed by atoms with E-state index in [9.17, 15) is 19.2 Å². The number of carbonyl (C=O) groups is 3. The van der Waals surface area contributed by atoms with Crippen LogP contribution in [0.4, 0.5) is 11.4 Å². The van der Waals surface area contributed by atoms with Gasteiger partial charge in [-0.2, -0.15) is 0 Å². The first-order valence-electron chi connectivity index (χ1n) is 14.9. The first-order chi connectivity index (χ1) is 21.8. The number of thioether (sulfide) groups is 1. The highest BCUT2D eigenvalue weighted by Gasteiger charge is 2.69. The number of amides is 3. The van der Waals surface area contributed by atoms with E-state index in [1.165, 1.54) is 16.2 Å². The average Bonchev–Trinajstić information content (AvgIpc) is 3.77. The lowest BCUT2D eigenvalue weighted by Crippen LogP contribution is -2.42. The Morgan fingerprint density at radius 1 is 1.00 bits per heavy atom. The first-order valence-corrected chi connectivity index (χ1v) is 17.0. The molecule has 0 radical (unpaired) electrons. The second-order valence-electron chi connectivity index (χ2n) is 12.2. The Bertz CT molecular complexity index is 1910. The maximum Gasteiger partial charge on any atom is 0.305 e. The van der Waals surface area contributed by atoms with Gasteiger partial charge in [0.25, 0.3) is 5.91 Å². The number of aryl methyl sites for hydroxylation is 1. The number of anilines is 2. The van der Waals surface area contributed by atoms with Crippen molar-refractivity contribution in [1.29, 1.82) is 0 Å². The van der Waals surface area contributed by atoms with Gasteiger partial charge in [-0.05, 0) is 85.2 Å². The molecule has 2 aliphatic heterocycles. The Morgan fingerprint density at radius 3 is 2.49 bits per heavy atom. The van der Waals surface area contributed by atoms with Crippen molar-refractivity contribution in [2.45, 2.75) is 29.5 Å². The standard InChI is InChI=1S/C34H28ClN3O5S2/c1-16-5-11-20(12-6-16)38-32(40)27-22-14-23(28(27)33(38)41)29-26(22)25(30-31(44-29)37-34(42)45-30)17-3-2-4-21(13-17)43-15-24(39)36-19-9-7-18(35)8-10-19/h2-13,22-23,25-29H,14-15H2,1H3,(H,36,39)(H,37,42)/t22-,23-,25+,26-,27+,28+,29-/m1/s1. The number of fused-ring (bicyclic) bond motifs is 9. The highest BCUT2D eigenvalue weighted by molar-refractivity contribution is 8.00. The predicted molar refractivity (Wildman–Crippen MR) is 174 cm³/mol. The van der Waals surface area contributed by atoms with Crippen LogP contribution in [-0.2, 0) is 14.4 Å². The average molecular weight is 658 g/mol. The third kappa shape index (κ3) is 4.73. The van der Waals surface area contributed by atoms with Crippen molar-refractivity contribution in [3.05, 3.63) is 103 Å². The second kappa shape index (κ2) is 10.9. The summed E-state index contributed by atoms with van der Waals surface area (Å²) >= 11 is 8.82. The Balaban J connectivity index is 1.08. The van der Waals surface area contributed by atoms with E-state index in [0.29, 0.717) is 22.1 Å². The minimum atomic E-state index is -0.374. The lowest BCUT2D eigenvalue weighted by atomic mass is 9.68. The number of carbonyl (C=O) groups excluding carboxylic acids is 3. The molecule has 2 saturated carbocycles. The number of thiazole rings is 1. The lowest BCUT2D eigenvalue weighted by molar-refractivity contribution is -0.123. The molecule has 7 atom stereocenters. The molecule has 8 rings (SSSR count). The minimum Gasteiger partial charge on any atom is -0.484 e. The number of nitrogens with zero attached hydrogens (tertiary/aromatic N) is 1. The number of rotatable bonds is 6. The second-order valence-corrected chi connectivity index (χ2v) is 14.9. The lowest BCUT2D eigenvalue weighted by Gasteiger charge is -2.43. The Hall–Kier alpha value is -3.86. The topological polar surface area (TPSA) is 109 Å². The van der Waals surface area contributed by atoms with Crippen molar-refractivity contribution in [1.82, 2.24) is 4.98 Å². The predicted octanol–water partition coefficient (Wildman–Crippen LogP) is 6.09. The van der Waals surface area contributed by atoms with Crippen molar-refractivity contribution in [3.63, 3.8) is 0 Å². The van der Waals surface area contributed by atoms with Gasteiger partial charge in [0, 0.05) is 26.8 Å². The number of aromatic amines is 1.